The van der Waals surface area contributed by atoms with Crippen molar-refractivity contribution in [1.29, 1.82) is 0 Å². The fraction of sp³-hybridized carbons (Fsp3) is 0.308. The van der Waals surface area contributed by atoms with Gasteiger partial charge in [0, 0.05) is 37.7 Å². The smallest absolute Gasteiger partial charge is 0.271 e. The van der Waals surface area contributed by atoms with E-state index in [2.05, 4.69) is 51.4 Å². The van der Waals surface area contributed by atoms with Gasteiger partial charge in [-0.25, -0.2) is 4.98 Å². The molecule has 9 heteroatoms. The summed E-state index contributed by atoms with van der Waals surface area (Å²) in [5.41, 5.74) is 7.49. The summed E-state index contributed by atoms with van der Waals surface area (Å²) in [6.45, 7) is 4.70. The van der Waals surface area contributed by atoms with E-state index in [1.54, 1.807) is 0 Å². The Balaban J connectivity index is 1.09. The minimum atomic E-state index is -0.591. The van der Waals surface area contributed by atoms with Crippen LogP contribution >= 0.6 is 0 Å². The number of amides is 1. The van der Waals surface area contributed by atoms with Crippen molar-refractivity contribution in [2.24, 2.45) is 5.92 Å². The summed E-state index contributed by atoms with van der Waals surface area (Å²) in [5, 5.41) is 22.7. The van der Waals surface area contributed by atoms with Gasteiger partial charge >= 0.3 is 0 Å². The van der Waals surface area contributed by atoms with Gasteiger partial charge in [-0.2, -0.15) is 0 Å². The fourth-order valence-electron chi connectivity index (χ4n) is 6.63. The molecule has 0 bridgehead atoms. The second-order valence-electron chi connectivity index (χ2n) is 12.8. The first kappa shape index (κ1) is 32.1. The number of carbonyl (C=O) groups excluding carboxylic acids is 1. The van der Waals surface area contributed by atoms with Crippen molar-refractivity contribution in [3.05, 3.63) is 131 Å². The summed E-state index contributed by atoms with van der Waals surface area (Å²) in [4.78, 5) is 24.0. The average molecular weight is 645 g/mol. The summed E-state index contributed by atoms with van der Waals surface area (Å²) < 4.78 is 13.4. The highest BCUT2D eigenvalue weighted by molar-refractivity contribution is 5.93. The van der Waals surface area contributed by atoms with E-state index >= 15 is 0 Å². The molecule has 0 spiro atoms. The van der Waals surface area contributed by atoms with Crippen molar-refractivity contribution < 1.29 is 24.5 Å². The second kappa shape index (κ2) is 14.3. The topological polar surface area (TPSA) is 117 Å². The molecule has 2 aliphatic heterocycles. The fourth-order valence-corrected chi connectivity index (χ4v) is 6.63. The van der Waals surface area contributed by atoms with Gasteiger partial charge in [0.15, 0.2) is 6.29 Å². The molecule has 5 aromatic rings. The van der Waals surface area contributed by atoms with E-state index in [0.29, 0.717) is 25.2 Å². The van der Waals surface area contributed by atoms with Gasteiger partial charge in [-0.15, -0.1) is 0 Å². The van der Waals surface area contributed by atoms with Gasteiger partial charge in [0.1, 0.15) is 5.69 Å². The van der Waals surface area contributed by atoms with E-state index in [0.717, 1.165) is 51.9 Å². The molecule has 1 aromatic heterocycles. The van der Waals surface area contributed by atoms with Crippen molar-refractivity contribution in [2.45, 2.75) is 51.1 Å². The Morgan fingerprint density at radius 2 is 1.67 bits per heavy atom. The molecule has 0 aliphatic carbocycles. The number of para-hydroxylation sites is 2. The number of aliphatic hydroxyl groups excluding tert-OH is 2. The van der Waals surface area contributed by atoms with Crippen LogP contribution in [0.3, 0.4) is 0 Å². The molecule has 2 aliphatic rings. The average Bonchev–Trinajstić information content (AvgIpc) is 3.55. The van der Waals surface area contributed by atoms with Crippen LogP contribution in [-0.2, 0) is 22.6 Å². The molecule has 3 N–H and O–H groups in total. The van der Waals surface area contributed by atoms with Crippen LogP contribution in [0.15, 0.2) is 103 Å². The molecule has 1 amide bonds. The molecule has 2 saturated heterocycles. The van der Waals surface area contributed by atoms with Crippen LogP contribution in [0.25, 0.3) is 22.2 Å². The van der Waals surface area contributed by atoms with E-state index in [1.165, 1.54) is 6.20 Å². The zero-order valence-electron chi connectivity index (χ0n) is 26.9. The lowest BCUT2D eigenvalue weighted by Crippen LogP contribution is -2.44. The third-order valence-corrected chi connectivity index (χ3v) is 9.36. The number of benzene rings is 4. The lowest BCUT2D eigenvalue weighted by Gasteiger charge is -2.42. The van der Waals surface area contributed by atoms with Gasteiger partial charge in [0.2, 0.25) is 0 Å². The summed E-state index contributed by atoms with van der Waals surface area (Å²) in [5.74, 6) is -0.213. The molecule has 0 saturated carbocycles. The predicted octanol–water partition coefficient (Wildman–Crippen LogP) is 5.58. The SMILES string of the molecule is C[C@@H]1[C@H](CN2CC[C@H](O)C2)O[C@H](c2cccc(-c3cccc(CNC(=O)c4cnc5ccccc5n4)c3)c2)O[C@@H]1c1ccc(CO)cc1. The Hall–Kier alpha value is -4.51. The number of rotatable bonds is 9. The molecular weight excluding hydrogens is 604 g/mol. The van der Waals surface area contributed by atoms with Crippen LogP contribution in [0.5, 0.6) is 0 Å². The van der Waals surface area contributed by atoms with Gasteiger partial charge in [-0.05, 0) is 58.5 Å². The van der Waals surface area contributed by atoms with Crippen LogP contribution in [0, 0.1) is 5.92 Å². The lowest BCUT2D eigenvalue weighted by molar-refractivity contribution is -0.276. The van der Waals surface area contributed by atoms with Gasteiger partial charge < -0.3 is 25.0 Å². The number of nitrogens with one attached hydrogen (secondary N) is 1. The van der Waals surface area contributed by atoms with Crippen LogP contribution in [0.4, 0.5) is 0 Å². The number of ether oxygens (including phenoxy) is 2. The minimum absolute atomic E-state index is 0.00744. The number of hydrogen-bond acceptors (Lipinski definition) is 8. The van der Waals surface area contributed by atoms with E-state index < -0.39 is 6.29 Å². The zero-order chi connectivity index (χ0) is 33.0. The monoisotopic (exact) mass is 644 g/mol. The number of hydrogen-bond donors (Lipinski definition) is 3. The first-order valence-electron chi connectivity index (χ1n) is 16.5. The number of fused-ring (bicyclic) bond motifs is 1. The van der Waals surface area contributed by atoms with Crippen LogP contribution in [0.2, 0.25) is 0 Å². The number of likely N-dealkylation sites (tertiary alicyclic amines) is 1. The van der Waals surface area contributed by atoms with Crippen molar-refractivity contribution in [1.82, 2.24) is 20.2 Å². The van der Waals surface area contributed by atoms with Crippen molar-refractivity contribution in [2.75, 3.05) is 19.6 Å². The van der Waals surface area contributed by atoms with Crippen molar-refractivity contribution in [3.8, 4) is 11.1 Å². The van der Waals surface area contributed by atoms with Crippen LogP contribution in [0.1, 0.15) is 58.5 Å². The van der Waals surface area contributed by atoms with Crippen molar-refractivity contribution in [3.63, 3.8) is 0 Å². The Morgan fingerprint density at radius 1 is 0.896 bits per heavy atom. The van der Waals surface area contributed by atoms with Gasteiger partial charge in [-0.3, -0.25) is 14.7 Å². The number of aliphatic hydroxyl groups is 2. The second-order valence-corrected chi connectivity index (χ2v) is 12.8. The number of nitrogens with zero attached hydrogens (tertiary/aromatic N) is 3. The molecule has 0 unspecified atom stereocenters. The lowest BCUT2D eigenvalue weighted by atomic mass is 9.90. The Kier molecular flexibility index (Phi) is 9.56. The van der Waals surface area contributed by atoms with Gasteiger partial charge in [0.05, 0.1) is 42.1 Å². The molecule has 246 valence electrons. The predicted molar refractivity (Wildman–Crippen MR) is 183 cm³/mol. The number of aromatic nitrogens is 2. The summed E-state index contributed by atoms with van der Waals surface area (Å²) in [6.07, 6.45) is 1.06. The first-order chi connectivity index (χ1) is 23.4. The molecule has 48 heavy (non-hydrogen) atoms. The highest BCUT2D eigenvalue weighted by Gasteiger charge is 2.40. The Bertz CT molecular complexity index is 1880. The maximum absolute atomic E-state index is 12.9. The quantitative estimate of drug-likeness (QED) is 0.191. The van der Waals surface area contributed by atoms with E-state index in [4.69, 9.17) is 9.47 Å². The van der Waals surface area contributed by atoms with E-state index in [9.17, 15) is 15.0 Å². The summed E-state index contributed by atoms with van der Waals surface area (Å²) in [6, 6.07) is 31.7. The van der Waals surface area contributed by atoms with E-state index in [-0.39, 0.29) is 42.4 Å². The minimum Gasteiger partial charge on any atom is -0.392 e. The number of β-amino-alcohol motifs (C(OH)–C–C–N with tert-alkyl or cyclic N) is 1. The molecule has 0 radical (unpaired) electrons. The van der Waals surface area contributed by atoms with Gasteiger partial charge in [0.25, 0.3) is 5.91 Å². The Labute approximate surface area is 280 Å². The van der Waals surface area contributed by atoms with Crippen LogP contribution < -0.4 is 5.32 Å². The molecular formula is C39H40N4O5. The largest absolute Gasteiger partial charge is 0.392 e. The molecule has 4 aromatic carbocycles. The highest BCUT2D eigenvalue weighted by Crippen LogP contribution is 2.42. The summed E-state index contributed by atoms with van der Waals surface area (Å²) in [7, 11) is 0. The standard InChI is InChI=1S/C39H40N4O5/c1-25-36(23-43-17-16-32(45)22-43)47-39(48-37(25)28-14-12-26(24-44)13-15-28)31-9-5-8-30(19-31)29-7-4-6-27(18-29)20-41-38(46)35-21-40-33-10-2-3-11-34(33)42-35/h2-15,18-19,21,25,32,36-37,39,44-45H,16-17,20,22-24H2,1H3,(H,41,46)/t25-,32+,36+,37+,39+/m1/s1. The highest BCUT2D eigenvalue weighted by atomic mass is 16.7. The molecule has 2 fully saturated rings. The molecule has 5 atom stereocenters. The number of carbonyl (C=O) groups is 1. The van der Waals surface area contributed by atoms with E-state index in [1.807, 2.05) is 72.8 Å². The summed E-state index contributed by atoms with van der Waals surface area (Å²) >= 11 is 0. The van der Waals surface area contributed by atoms with Crippen molar-refractivity contribution >= 4 is 16.9 Å². The third-order valence-electron chi connectivity index (χ3n) is 9.36. The van der Waals surface area contributed by atoms with Crippen LogP contribution in [-0.4, -0.2) is 62.8 Å². The molecule has 9 nitrogen and oxygen atoms in total. The zero-order valence-corrected chi connectivity index (χ0v) is 26.9. The third kappa shape index (κ3) is 7.16. The maximum atomic E-state index is 12.9. The maximum Gasteiger partial charge on any atom is 0.271 e. The Morgan fingerprint density at radius 3 is 2.44 bits per heavy atom. The van der Waals surface area contributed by atoms with Gasteiger partial charge in [-0.1, -0.05) is 79.7 Å². The first-order valence-corrected chi connectivity index (χ1v) is 16.5. The molecule has 7 rings (SSSR count). The normalized spacial score (nSPS) is 22.9. The molecule has 3 heterocycles.